The number of methoxy groups -OCH3 is 1. The fraction of sp³-hybridized carbons (Fsp3) is 0.143. The Bertz CT molecular complexity index is 723. The second kappa shape index (κ2) is 9.66. The molecule has 1 atom stereocenters. The van der Waals surface area contributed by atoms with Crippen LogP contribution in [0.15, 0.2) is 53.8 Å². The molecule has 0 amide bonds. The summed E-state index contributed by atoms with van der Waals surface area (Å²) in [4.78, 5) is 12.2. The molecule has 1 aromatic carbocycles. The van der Waals surface area contributed by atoms with E-state index < -0.39 is 22.2 Å². The van der Waals surface area contributed by atoms with Crippen molar-refractivity contribution in [2.24, 2.45) is 0 Å². The van der Waals surface area contributed by atoms with E-state index in [0.29, 0.717) is 5.56 Å². The largest absolute Gasteiger partial charge is 0.507 e. The molecule has 1 aliphatic carbocycles. The van der Waals surface area contributed by atoms with Gasteiger partial charge in [-0.3, -0.25) is 4.79 Å². The second-order valence-electron chi connectivity index (χ2n) is 4.10. The third kappa shape index (κ3) is 4.84. The molecule has 0 heterocycles. The van der Waals surface area contributed by atoms with E-state index in [0.717, 1.165) is 6.08 Å². The Morgan fingerprint density at radius 1 is 1.13 bits per heavy atom. The minimum atomic E-state index is -2.53. The average molecular weight is 346 g/mol. The number of ketones is 1. The van der Waals surface area contributed by atoms with Crippen LogP contribution in [0.5, 0.6) is 0 Å². The summed E-state index contributed by atoms with van der Waals surface area (Å²) in [5.41, 5.74) is 0.300. The molecule has 1 aliphatic rings. The summed E-state index contributed by atoms with van der Waals surface area (Å²) in [6, 6.07) is 8.31. The van der Waals surface area contributed by atoms with E-state index in [1.54, 1.807) is 30.3 Å². The van der Waals surface area contributed by atoms with Crippen molar-refractivity contribution in [3.63, 3.8) is 0 Å². The summed E-state index contributed by atoms with van der Waals surface area (Å²) >= 11 is 0. The van der Waals surface area contributed by atoms with Crippen molar-refractivity contribution >= 4 is 20.9 Å². The lowest BCUT2D eigenvalue weighted by atomic mass is 9.95. The van der Waals surface area contributed by atoms with Gasteiger partial charge < -0.3 is 26.3 Å². The lowest BCUT2D eigenvalue weighted by Gasteiger charge is -2.17. The number of Topliss-reactive ketones (excluding diaryl/α,β-unsaturated/α-hetero) is 1. The Kier molecular flexibility index (Phi) is 9.65. The van der Waals surface area contributed by atoms with Crippen molar-refractivity contribution < 1.29 is 39.5 Å². The Balaban J connectivity index is 0. The van der Waals surface area contributed by atoms with E-state index in [4.69, 9.17) is 4.74 Å². The summed E-state index contributed by atoms with van der Waals surface area (Å²) < 4.78 is 27.2. The molecule has 0 radical (unpaired) electrons. The normalized spacial score (nSPS) is 15.9. The second-order valence-corrected chi connectivity index (χ2v) is 5.04. The number of carbonyl (C=O) groups is 1. The molecule has 0 aromatic heterocycles. The van der Waals surface area contributed by atoms with Crippen LogP contribution in [0.4, 0.5) is 0 Å². The molecule has 1 aromatic rings. The summed E-state index contributed by atoms with van der Waals surface area (Å²) in [6.45, 7) is 0. The van der Waals surface area contributed by atoms with E-state index in [1.807, 2.05) is 0 Å². The van der Waals surface area contributed by atoms with Gasteiger partial charge in [-0.25, -0.2) is 0 Å². The third-order valence-electron chi connectivity index (χ3n) is 2.88. The number of allylic oxidation sites excluding steroid dienone is 1. The number of benzene rings is 1. The van der Waals surface area contributed by atoms with Crippen LogP contribution in [0.25, 0.3) is 0 Å². The van der Waals surface area contributed by atoms with Gasteiger partial charge in [0.25, 0.3) is 0 Å². The van der Waals surface area contributed by atoms with Crippen molar-refractivity contribution in [2.75, 3.05) is 7.11 Å². The van der Waals surface area contributed by atoms with Gasteiger partial charge in [-0.1, -0.05) is 30.3 Å². The number of aliphatic hydroxyl groups is 1. The number of aliphatic hydroxyl groups excluding tert-OH is 1. The molecule has 0 aliphatic heterocycles. The van der Waals surface area contributed by atoms with Gasteiger partial charge in [0.2, 0.25) is 10.3 Å². The monoisotopic (exact) mass is 346 g/mol. The molecule has 2 rings (SSSR count). The fourth-order valence-corrected chi connectivity index (χ4v) is 2.44. The van der Waals surface area contributed by atoms with Gasteiger partial charge in [-0.15, -0.1) is 0 Å². The van der Waals surface area contributed by atoms with Gasteiger partial charge in [0.05, 0.1) is 5.57 Å². The van der Waals surface area contributed by atoms with Crippen LogP contribution in [0.1, 0.15) is 10.4 Å². The third-order valence-corrected chi connectivity index (χ3v) is 3.61. The molecule has 0 saturated heterocycles. The van der Waals surface area contributed by atoms with Gasteiger partial charge >= 0.3 is 0 Å². The zero-order chi connectivity index (χ0) is 14.7. The maximum absolute atomic E-state index is 12.2. The lowest BCUT2D eigenvalue weighted by Crippen LogP contribution is -2.26. The number of ether oxygens (including phenoxy) is 1. The van der Waals surface area contributed by atoms with E-state index in [-0.39, 0.29) is 32.6 Å². The fourth-order valence-electron chi connectivity index (χ4n) is 1.87. The van der Waals surface area contributed by atoms with Crippen LogP contribution in [0.2, 0.25) is 0 Å². The summed E-state index contributed by atoms with van der Waals surface area (Å²) in [5.74, 6) is -0.739. The topological polar surface area (TPSA) is 175 Å². The Morgan fingerprint density at radius 2 is 1.70 bits per heavy atom. The standard InChI is InChI=1S/C14H12O5S.3H2O/c1-19-12-8-11(15)10(7-13(12)20(17)18)14(16)9-5-3-2-4-6-9;;;/h2-8,12,15H,1H3;3*1H2. The average Bonchev–Trinajstić information content (AvgIpc) is 2.46. The Morgan fingerprint density at radius 3 is 2.17 bits per heavy atom. The minimum Gasteiger partial charge on any atom is -0.507 e. The maximum Gasteiger partial charge on any atom is 0.220 e. The first kappa shape index (κ1) is 23.0. The van der Waals surface area contributed by atoms with Crippen LogP contribution in [0.3, 0.4) is 0 Å². The van der Waals surface area contributed by atoms with Crippen molar-refractivity contribution in [1.29, 1.82) is 0 Å². The zero-order valence-corrected chi connectivity index (χ0v) is 12.9. The van der Waals surface area contributed by atoms with Crippen molar-refractivity contribution in [1.82, 2.24) is 0 Å². The van der Waals surface area contributed by atoms with Gasteiger partial charge in [-0.05, 0) is 12.2 Å². The highest BCUT2D eigenvalue weighted by Gasteiger charge is 2.26. The maximum atomic E-state index is 12.2. The van der Waals surface area contributed by atoms with Crippen LogP contribution in [-0.4, -0.2) is 53.8 Å². The molecule has 0 fully saturated rings. The Labute approximate surface area is 133 Å². The zero-order valence-electron chi connectivity index (χ0n) is 12.1. The molecular formula is C14H18O8S. The molecule has 23 heavy (non-hydrogen) atoms. The smallest absolute Gasteiger partial charge is 0.220 e. The van der Waals surface area contributed by atoms with Gasteiger partial charge in [0, 0.05) is 12.7 Å². The van der Waals surface area contributed by atoms with Crippen LogP contribution >= 0.6 is 0 Å². The predicted octanol–water partition coefficient (Wildman–Crippen LogP) is -1.16. The van der Waals surface area contributed by atoms with E-state index in [2.05, 4.69) is 0 Å². The first-order valence-electron chi connectivity index (χ1n) is 5.76. The molecule has 0 spiro atoms. The van der Waals surface area contributed by atoms with Crippen molar-refractivity contribution in [2.45, 2.75) is 6.10 Å². The van der Waals surface area contributed by atoms with Gasteiger partial charge in [-0.2, -0.15) is 8.42 Å². The summed E-state index contributed by atoms with van der Waals surface area (Å²) in [5, 5.41) is 9.88. The molecule has 7 N–H and O–H groups in total. The van der Waals surface area contributed by atoms with E-state index in [9.17, 15) is 18.3 Å². The number of hydrogen-bond donors (Lipinski definition) is 1. The molecule has 0 saturated carbocycles. The van der Waals surface area contributed by atoms with Gasteiger partial charge in [0.1, 0.15) is 16.7 Å². The highest BCUT2D eigenvalue weighted by molar-refractivity contribution is 7.73. The lowest BCUT2D eigenvalue weighted by molar-refractivity contribution is 0.102. The Hall–Kier alpha value is -2.30. The first-order valence-corrected chi connectivity index (χ1v) is 6.83. The number of rotatable bonds is 3. The van der Waals surface area contributed by atoms with Crippen molar-refractivity contribution in [3.05, 3.63) is 59.4 Å². The van der Waals surface area contributed by atoms with Crippen molar-refractivity contribution in [3.8, 4) is 0 Å². The first-order chi connectivity index (χ1) is 9.54. The van der Waals surface area contributed by atoms with Crippen LogP contribution in [0, 0.1) is 0 Å². The molecule has 8 nitrogen and oxygen atoms in total. The molecular weight excluding hydrogens is 328 g/mol. The summed E-state index contributed by atoms with van der Waals surface area (Å²) in [7, 11) is -1.21. The quantitative estimate of drug-likeness (QED) is 0.535. The van der Waals surface area contributed by atoms with Gasteiger partial charge in [0.15, 0.2) is 5.78 Å². The predicted molar refractivity (Wildman–Crippen MR) is 85.1 cm³/mol. The number of hydrogen-bond acceptors (Lipinski definition) is 5. The molecule has 0 bridgehead atoms. The molecule has 128 valence electrons. The summed E-state index contributed by atoms with van der Waals surface area (Å²) in [6.07, 6.45) is 1.45. The molecule has 1 unspecified atom stereocenters. The highest BCUT2D eigenvalue weighted by atomic mass is 32.2. The van der Waals surface area contributed by atoms with E-state index >= 15 is 0 Å². The van der Waals surface area contributed by atoms with Crippen LogP contribution < -0.4 is 0 Å². The molecule has 9 heteroatoms. The minimum absolute atomic E-state index is 0. The number of carbonyl (C=O) groups excluding carboxylic acids is 1. The highest BCUT2D eigenvalue weighted by Crippen LogP contribution is 2.21. The van der Waals surface area contributed by atoms with E-state index in [1.165, 1.54) is 13.2 Å². The SMILES string of the molecule is COC1C=C(O)C(C(=O)c2ccccc2)=CC1=S(=O)=O.O.O.O. The van der Waals surface area contributed by atoms with Crippen LogP contribution in [-0.2, 0) is 15.0 Å².